The Morgan fingerprint density at radius 2 is 2.05 bits per heavy atom. The van der Waals surface area contributed by atoms with E-state index in [1.54, 1.807) is 17.0 Å². The van der Waals surface area contributed by atoms with E-state index in [2.05, 4.69) is 4.98 Å². The molecule has 0 saturated carbocycles. The summed E-state index contributed by atoms with van der Waals surface area (Å²) in [6.45, 7) is 2.35. The van der Waals surface area contributed by atoms with Gasteiger partial charge in [0.2, 0.25) is 5.91 Å². The molecule has 22 heavy (non-hydrogen) atoms. The van der Waals surface area contributed by atoms with Gasteiger partial charge in [-0.1, -0.05) is 0 Å². The summed E-state index contributed by atoms with van der Waals surface area (Å²) >= 11 is 1.45. The number of carbonyl (C=O) groups is 1. The number of anilines is 2. The van der Waals surface area contributed by atoms with Gasteiger partial charge in [0, 0.05) is 31.6 Å². The van der Waals surface area contributed by atoms with E-state index in [1.165, 1.54) is 30.4 Å². The normalized spacial score (nSPS) is 10.5. The Labute approximate surface area is 132 Å². The number of amides is 1. The van der Waals surface area contributed by atoms with Gasteiger partial charge in [0.1, 0.15) is 5.82 Å². The van der Waals surface area contributed by atoms with E-state index in [9.17, 15) is 9.18 Å². The van der Waals surface area contributed by atoms with Crippen molar-refractivity contribution in [2.45, 2.75) is 13.5 Å². The van der Waals surface area contributed by atoms with Crippen molar-refractivity contribution in [1.29, 1.82) is 0 Å². The lowest BCUT2D eigenvalue weighted by molar-refractivity contribution is -0.116. The van der Waals surface area contributed by atoms with Crippen LogP contribution in [0.5, 0.6) is 0 Å². The lowest BCUT2D eigenvalue weighted by atomic mass is 10.2. The maximum absolute atomic E-state index is 13.0. The molecule has 0 atom stereocenters. The van der Waals surface area contributed by atoms with Gasteiger partial charge in [-0.05, 0) is 24.3 Å². The molecule has 0 bridgehead atoms. The Balaban J connectivity index is 2.15. The molecule has 1 aromatic carbocycles. The fraction of sp³-hybridized carbons (Fsp3) is 0.333. The number of aromatic nitrogens is 1. The average molecular weight is 323 g/mol. The fourth-order valence-corrected chi connectivity index (χ4v) is 2.77. The van der Waals surface area contributed by atoms with Crippen molar-refractivity contribution < 1.29 is 14.3 Å². The lowest BCUT2D eigenvalue weighted by Crippen LogP contribution is -2.28. The first-order valence-electron chi connectivity index (χ1n) is 6.81. The van der Waals surface area contributed by atoms with Crippen LogP contribution in [-0.2, 0) is 11.3 Å². The topological polar surface area (TPSA) is 56.7 Å². The quantitative estimate of drug-likeness (QED) is 0.886. The van der Waals surface area contributed by atoms with Gasteiger partial charge >= 0.3 is 0 Å². The second-order valence-corrected chi connectivity index (χ2v) is 5.68. The molecule has 5 nitrogen and oxygen atoms in total. The minimum atomic E-state index is -0.339. The van der Waals surface area contributed by atoms with E-state index in [0.717, 1.165) is 10.8 Å². The van der Waals surface area contributed by atoms with Crippen LogP contribution in [0.2, 0.25) is 0 Å². The summed E-state index contributed by atoms with van der Waals surface area (Å²) in [7, 11) is 1.85. The number of halogens is 1. The predicted octanol–water partition coefficient (Wildman–Crippen LogP) is 2.26. The number of carbonyl (C=O) groups excluding carboxylic acids is 1. The van der Waals surface area contributed by atoms with Crippen molar-refractivity contribution in [3.8, 4) is 0 Å². The van der Waals surface area contributed by atoms with Crippen molar-refractivity contribution in [3.05, 3.63) is 41.2 Å². The molecular formula is C15H18FN3O2S. The van der Waals surface area contributed by atoms with Gasteiger partial charge < -0.3 is 14.9 Å². The molecule has 0 fully saturated rings. The van der Waals surface area contributed by atoms with Gasteiger partial charge in [-0.15, -0.1) is 11.3 Å². The predicted molar refractivity (Wildman–Crippen MR) is 85.7 cm³/mol. The molecule has 1 amide bonds. The van der Waals surface area contributed by atoms with Crippen LogP contribution in [0.15, 0.2) is 29.6 Å². The Morgan fingerprint density at radius 1 is 1.36 bits per heavy atom. The highest BCUT2D eigenvalue weighted by molar-refractivity contribution is 7.13. The van der Waals surface area contributed by atoms with E-state index in [4.69, 9.17) is 5.11 Å². The van der Waals surface area contributed by atoms with Crippen molar-refractivity contribution >= 4 is 28.1 Å². The first-order chi connectivity index (χ1) is 10.5. The van der Waals surface area contributed by atoms with E-state index in [-0.39, 0.29) is 18.3 Å². The number of hydrogen-bond donors (Lipinski definition) is 1. The molecular weight excluding hydrogens is 305 g/mol. The third kappa shape index (κ3) is 4.02. The highest BCUT2D eigenvalue weighted by Gasteiger charge is 2.15. The number of aliphatic hydroxyl groups is 1. The first kappa shape index (κ1) is 16.4. The Kier molecular flexibility index (Phi) is 5.46. The van der Waals surface area contributed by atoms with Crippen LogP contribution in [-0.4, -0.2) is 36.2 Å². The zero-order valence-corrected chi connectivity index (χ0v) is 13.3. The van der Waals surface area contributed by atoms with Gasteiger partial charge in [-0.25, -0.2) is 9.37 Å². The van der Waals surface area contributed by atoms with Gasteiger partial charge in [0.05, 0.1) is 18.8 Å². The number of nitrogens with zero attached hydrogens (tertiary/aromatic N) is 3. The number of rotatable bonds is 6. The Hall–Kier alpha value is -1.99. The second-order valence-electron chi connectivity index (χ2n) is 4.85. The summed E-state index contributed by atoms with van der Waals surface area (Å²) in [5.74, 6) is -0.473. The summed E-state index contributed by atoms with van der Waals surface area (Å²) in [6, 6.07) is 5.79. The molecule has 0 radical (unpaired) electrons. The number of benzene rings is 1. The lowest BCUT2D eigenvalue weighted by Gasteiger charge is -2.20. The molecule has 1 aromatic heterocycles. The molecule has 0 aliphatic rings. The van der Waals surface area contributed by atoms with E-state index >= 15 is 0 Å². The van der Waals surface area contributed by atoms with Crippen molar-refractivity contribution in [3.63, 3.8) is 0 Å². The minimum Gasteiger partial charge on any atom is -0.395 e. The third-order valence-corrected chi connectivity index (χ3v) is 4.14. The Bertz CT molecular complexity index is 630. The van der Waals surface area contributed by atoms with Crippen LogP contribution in [0.4, 0.5) is 15.2 Å². The summed E-state index contributed by atoms with van der Waals surface area (Å²) in [4.78, 5) is 19.7. The van der Waals surface area contributed by atoms with Gasteiger partial charge in [0.25, 0.3) is 0 Å². The first-order valence-corrected chi connectivity index (χ1v) is 7.69. The van der Waals surface area contributed by atoms with Gasteiger partial charge in [-0.3, -0.25) is 4.79 Å². The van der Waals surface area contributed by atoms with Crippen LogP contribution >= 0.6 is 11.3 Å². The smallest absolute Gasteiger partial charge is 0.224 e. The van der Waals surface area contributed by atoms with Crippen molar-refractivity contribution in [2.75, 3.05) is 30.0 Å². The van der Waals surface area contributed by atoms with E-state index in [1.807, 2.05) is 17.3 Å². The molecule has 0 aliphatic carbocycles. The summed E-state index contributed by atoms with van der Waals surface area (Å²) in [5, 5.41) is 11.6. The van der Waals surface area contributed by atoms with E-state index in [0.29, 0.717) is 18.8 Å². The molecule has 0 spiro atoms. The summed E-state index contributed by atoms with van der Waals surface area (Å²) in [6.07, 6.45) is 0. The molecule has 1 heterocycles. The monoisotopic (exact) mass is 323 g/mol. The second kappa shape index (κ2) is 7.33. The SMILES string of the molecule is CC(=O)N(Cc1csc(N(C)CCO)n1)c1ccc(F)cc1. The molecule has 118 valence electrons. The van der Waals surface area contributed by atoms with Crippen LogP contribution in [0.1, 0.15) is 12.6 Å². The Morgan fingerprint density at radius 3 is 2.64 bits per heavy atom. The number of likely N-dealkylation sites (N-methyl/N-ethyl adjacent to an activating group) is 1. The van der Waals surface area contributed by atoms with Crippen LogP contribution in [0.3, 0.4) is 0 Å². The third-order valence-electron chi connectivity index (χ3n) is 3.14. The van der Waals surface area contributed by atoms with Crippen molar-refractivity contribution in [1.82, 2.24) is 4.98 Å². The minimum absolute atomic E-state index is 0.0561. The maximum atomic E-state index is 13.0. The van der Waals surface area contributed by atoms with Crippen LogP contribution < -0.4 is 9.80 Å². The molecule has 7 heteroatoms. The molecule has 0 unspecified atom stereocenters. The highest BCUT2D eigenvalue weighted by atomic mass is 32.1. The molecule has 2 rings (SSSR count). The summed E-state index contributed by atoms with van der Waals surface area (Å²) in [5.41, 5.74) is 1.39. The highest BCUT2D eigenvalue weighted by Crippen LogP contribution is 2.23. The molecule has 0 saturated heterocycles. The van der Waals surface area contributed by atoms with Crippen molar-refractivity contribution in [2.24, 2.45) is 0 Å². The number of hydrogen-bond acceptors (Lipinski definition) is 5. The molecule has 2 aromatic rings. The maximum Gasteiger partial charge on any atom is 0.224 e. The summed E-state index contributed by atoms with van der Waals surface area (Å²) < 4.78 is 13.0. The van der Waals surface area contributed by atoms with Gasteiger partial charge in [0.15, 0.2) is 5.13 Å². The molecule has 0 aliphatic heterocycles. The largest absolute Gasteiger partial charge is 0.395 e. The van der Waals surface area contributed by atoms with Gasteiger partial charge in [-0.2, -0.15) is 0 Å². The number of aliphatic hydroxyl groups excluding tert-OH is 1. The van der Waals surface area contributed by atoms with Crippen LogP contribution in [0, 0.1) is 5.82 Å². The number of thiazole rings is 1. The fourth-order valence-electron chi connectivity index (χ4n) is 1.96. The standard InChI is InChI=1S/C15H18FN3O2S/c1-11(21)19(14-5-3-12(16)4-6-14)9-13-10-22-15(17-13)18(2)7-8-20/h3-6,10,20H,7-9H2,1-2H3. The zero-order chi connectivity index (χ0) is 16.1. The molecule has 1 N–H and O–H groups in total. The van der Waals surface area contributed by atoms with E-state index < -0.39 is 0 Å². The zero-order valence-electron chi connectivity index (χ0n) is 12.5. The average Bonchev–Trinajstić information content (AvgIpc) is 2.95. The van der Waals surface area contributed by atoms with Crippen LogP contribution in [0.25, 0.3) is 0 Å².